The van der Waals surface area contributed by atoms with E-state index < -0.39 is 0 Å². The second kappa shape index (κ2) is 7.22. The average Bonchev–Trinajstić information content (AvgIpc) is 3.22. The van der Waals surface area contributed by atoms with E-state index in [2.05, 4.69) is 12.1 Å². The molecule has 5 rings (SSSR count). The molecule has 0 N–H and O–H groups in total. The molecule has 0 atom stereocenters. The van der Waals surface area contributed by atoms with Crippen LogP contribution in [0.3, 0.4) is 0 Å². The first kappa shape index (κ1) is 17.2. The summed E-state index contributed by atoms with van der Waals surface area (Å²) in [6, 6.07) is 23.7. The van der Waals surface area contributed by atoms with Crippen molar-refractivity contribution in [1.82, 2.24) is 14.5 Å². The Balaban J connectivity index is 1.56. The number of nitrogens with zero attached hydrogens (tertiary/aromatic N) is 3. The molecule has 5 aromatic rings. The minimum absolute atomic E-state index is 0.0357. The lowest BCUT2D eigenvalue weighted by molar-refractivity contribution is 0.822. The molecule has 0 amide bonds. The van der Waals surface area contributed by atoms with Crippen LogP contribution in [0.2, 0.25) is 0 Å². The van der Waals surface area contributed by atoms with Crippen LogP contribution in [0.1, 0.15) is 5.69 Å². The third-order valence-electron chi connectivity index (χ3n) is 4.49. The highest BCUT2D eigenvalue weighted by Crippen LogP contribution is 2.26. The fourth-order valence-electron chi connectivity index (χ4n) is 3.12. The molecule has 3 heterocycles. The van der Waals surface area contributed by atoms with E-state index in [1.54, 1.807) is 4.57 Å². The van der Waals surface area contributed by atoms with E-state index in [9.17, 15) is 4.79 Å². The van der Waals surface area contributed by atoms with E-state index in [1.165, 1.54) is 23.1 Å². The molecule has 0 aliphatic carbocycles. The summed E-state index contributed by atoms with van der Waals surface area (Å²) in [7, 11) is 0. The van der Waals surface area contributed by atoms with E-state index in [0.29, 0.717) is 16.3 Å². The van der Waals surface area contributed by atoms with Crippen LogP contribution >= 0.6 is 23.1 Å². The molecule has 0 aliphatic heterocycles. The van der Waals surface area contributed by atoms with Gasteiger partial charge in [0, 0.05) is 11.1 Å². The Morgan fingerprint density at radius 2 is 1.71 bits per heavy atom. The van der Waals surface area contributed by atoms with Gasteiger partial charge in [-0.1, -0.05) is 54.2 Å². The molecule has 0 aliphatic rings. The Hall–Kier alpha value is -2.96. The monoisotopic (exact) mass is 401 g/mol. The summed E-state index contributed by atoms with van der Waals surface area (Å²) in [5.41, 5.74) is 2.72. The van der Waals surface area contributed by atoms with E-state index in [0.717, 1.165) is 27.1 Å². The Morgan fingerprint density at radius 1 is 0.893 bits per heavy atom. The summed E-state index contributed by atoms with van der Waals surface area (Å²) in [5, 5.41) is 4.37. The smallest absolute Gasteiger partial charge is 0.267 e. The van der Waals surface area contributed by atoms with Crippen molar-refractivity contribution in [2.75, 3.05) is 0 Å². The molecule has 136 valence electrons. The summed E-state index contributed by atoms with van der Waals surface area (Å²) in [4.78, 5) is 23.4. The molecule has 0 fully saturated rings. The topological polar surface area (TPSA) is 47.8 Å². The van der Waals surface area contributed by atoms with Crippen LogP contribution in [-0.2, 0) is 5.75 Å². The number of para-hydroxylation sites is 2. The standard InChI is InChI=1S/C22H15N3OS2/c26-21-18-12-13-27-20(18)24-22(25(21)17-7-2-1-3-8-17)28-14-16-11-10-15-6-4-5-9-19(15)23-16/h1-13H,14H2. The van der Waals surface area contributed by atoms with Crippen molar-refractivity contribution in [1.29, 1.82) is 0 Å². The van der Waals surface area contributed by atoms with Crippen molar-refractivity contribution < 1.29 is 0 Å². The molecule has 3 aromatic heterocycles. The number of aromatic nitrogens is 3. The predicted octanol–water partition coefficient (Wildman–Crippen LogP) is 5.29. The van der Waals surface area contributed by atoms with Crippen LogP contribution in [-0.4, -0.2) is 14.5 Å². The molecule has 0 bridgehead atoms. The Morgan fingerprint density at radius 3 is 2.61 bits per heavy atom. The Kier molecular flexibility index (Phi) is 4.43. The third-order valence-corrected chi connectivity index (χ3v) is 6.27. The molecule has 28 heavy (non-hydrogen) atoms. The maximum atomic E-state index is 13.1. The van der Waals surface area contributed by atoms with Gasteiger partial charge < -0.3 is 0 Å². The van der Waals surface area contributed by atoms with Crippen LogP contribution < -0.4 is 5.56 Å². The molecule has 0 spiro atoms. The number of pyridine rings is 1. The first-order valence-electron chi connectivity index (χ1n) is 8.83. The fourth-order valence-corrected chi connectivity index (χ4v) is 4.85. The molecule has 0 saturated carbocycles. The molecule has 0 saturated heterocycles. The van der Waals surface area contributed by atoms with Gasteiger partial charge in [-0.3, -0.25) is 14.3 Å². The molecule has 0 unspecified atom stereocenters. The number of thioether (sulfide) groups is 1. The number of hydrogen-bond acceptors (Lipinski definition) is 5. The minimum atomic E-state index is -0.0357. The van der Waals surface area contributed by atoms with Gasteiger partial charge in [0.2, 0.25) is 0 Å². The van der Waals surface area contributed by atoms with Crippen molar-refractivity contribution in [3.63, 3.8) is 0 Å². The molecule has 4 nitrogen and oxygen atoms in total. The number of benzene rings is 2. The quantitative estimate of drug-likeness (QED) is 0.303. The molecule has 2 aromatic carbocycles. The van der Waals surface area contributed by atoms with Crippen LogP contribution in [0.5, 0.6) is 0 Å². The van der Waals surface area contributed by atoms with E-state index in [-0.39, 0.29) is 5.56 Å². The van der Waals surface area contributed by atoms with Crippen LogP contribution in [0, 0.1) is 0 Å². The highest BCUT2D eigenvalue weighted by Gasteiger charge is 2.14. The van der Waals surface area contributed by atoms with Crippen molar-refractivity contribution in [2.24, 2.45) is 0 Å². The van der Waals surface area contributed by atoms with Gasteiger partial charge in [0.1, 0.15) is 4.83 Å². The third kappa shape index (κ3) is 3.10. The predicted molar refractivity (Wildman–Crippen MR) is 117 cm³/mol. The Labute approximate surface area is 169 Å². The van der Waals surface area contributed by atoms with Gasteiger partial charge >= 0.3 is 0 Å². The lowest BCUT2D eigenvalue weighted by atomic mass is 10.2. The van der Waals surface area contributed by atoms with Crippen molar-refractivity contribution in [2.45, 2.75) is 10.9 Å². The normalized spacial score (nSPS) is 11.3. The van der Waals surface area contributed by atoms with Gasteiger partial charge in [0.05, 0.1) is 22.3 Å². The molecular formula is C22H15N3OS2. The summed E-state index contributed by atoms with van der Waals surface area (Å²) < 4.78 is 1.70. The first-order valence-corrected chi connectivity index (χ1v) is 10.7. The zero-order chi connectivity index (χ0) is 18.9. The number of hydrogen-bond donors (Lipinski definition) is 0. The van der Waals surface area contributed by atoms with Crippen molar-refractivity contribution in [3.8, 4) is 5.69 Å². The van der Waals surface area contributed by atoms with Gasteiger partial charge in [-0.05, 0) is 35.7 Å². The summed E-state index contributed by atoms with van der Waals surface area (Å²) in [6.45, 7) is 0. The summed E-state index contributed by atoms with van der Waals surface area (Å²) in [6.07, 6.45) is 0. The maximum absolute atomic E-state index is 13.1. The number of rotatable bonds is 4. The second-order valence-electron chi connectivity index (χ2n) is 6.29. The lowest BCUT2D eigenvalue weighted by Gasteiger charge is -2.12. The van der Waals surface area contributed by atoms with Gasteiger partial charge in [-0.15, -0.1) is 11.3 Å². The first-order chi connectivity index (χ1) is 13.8. The van der Waals surface area contributed by atoms with E-state index in [4.69, 9.17) is 9.97 Å². The zero-order valence-electron chi connectivity index (χ0n) is 14.8. The highest BCUT2D eigenvalue weighted by molar-refractivity contribution is 7.98. The molecule has 6 heteroatoms. The van der Waals surface area contributed by atoms with Gasteiger partial charge in [-0.2, -0.15) is 0 Å². The van der Waals surface area contributed by atoms with Crippen molar-refractivity contribution >= 4 is 44.2 Å². The minimum Gasteiger partial charge on any atom is -0.268 e. The largest absolute Gasteiger partial charge is 0.268 e. The average molecular weight is 402 g/mol. The number of fused-ring (bicyclic) bond motifs is 2. The van der Waals surface area contributed by atoms with Crippen LogP contribution in [0.25, 0.3) is 26.8 Å². The van der Waals surface area contributed by atoms with Crippen LogP contribution in [0.15, 0.2) is 88.1 Å². The van der Waals surface area contributed by atoms with Gasteiger partial charge in [0.15, 0.2) is 5.16 Å². The highest BCUT2D eigenvalue weighted by atomic mass is 32.2. The summed E-state index contributed by atoms with van der Waals surface area (Å²) in [5.74, 6) is 0.640. The van der Waals surface area contributed by atoms with E-state index >= 15 is 0 Å². The Bertz CT molecular complexity index is 1340. The van der Waals surface area contributed by atoms with Gasteiger partial charge in [0.25, 0.3) is 5.56 Å². The fraction of sp³-hybridized carbons (Fsp3) is 0.0455. The summed E-state index contributed by atoms with van der Waals surface area (Å²) >= 11 is 3.02. The molecular weight excluding hydrogens is 386 g/mol. The van der Waals surface area contributed by atoms with Gasteiger partial charge in [-0.25, -0.2) is 4.98 Å². The zero-order valence-corrected chi connectivity index (χ0v) is 16.4. The SMILES string of the molecule is O=c1c2ccsc2nc(SCc2ccc3ccccc3n2)n1-c1ccccc1. The molecule has 0 radical (unpaired) electrons. The number of thiophene rings is 1. The maximum Gasteiger partial charge on any atom is 0.267 e. The van der Waals surface area contributed by atoms with E-state index in [1.807, 2.05) is 66.0 Å². The van der Waals surface area contributed by atoms with Crippen LogP contribution in [0.4, 0.5) is 0 Å². The second-order valence-corrected chi connectivity index (χ2v) is 8.13. The lowest BCUT2D eigenvalue weighted by Crippen LogP contribution is -2.21. The van der Waals surface area contributed by atoms with Crippen molar-refractivity contribution in [3.05, 3.63) is 94.2 Å².